The maximum atomic E-state index is 11.8. The van der Waals surface area contributed by atoms with Crippen molar-refractivity contribution in [3.63, 3.8) is 0 Å². The lowest BCUT2D eigenvalue weighted by Crippen LogP contribution is -2.31. The molecule has 0 spiro atoms. The molecule has 0 unspecified atom stereocenters. The highest BCUT2D eigenvalue weighted by molar-refractivity contribution is 5.75. The molecule has 1 amide bonds. The zero-order chi connectivity index (χ0) is 15.1. The van der Waals surface area contributed by atoms with E-state index in [-0.39, 0.29) is 18.0 Å². The highest BCUT2D eigenvalue weighted by Gasteiger charge is 2.03. The Balaban J connectivity index is 1.86. The molecule has 5 heteroatoms. The highest BCUT2D eigenvalue weighted by atomic mass is 16.5. The molecule has 0 fully saturated rings. The van der Waals surface area contributed by atoms with E-state index in [1.807, 2.05) is 24.3 Å². The molecule has 0 bridgehead atoms. The molecular formula is C16H18N2O3. The third-order valence-corrected chi connectivity index (χ3v) is 3.04. The Morgan fingerprint density at radius 1 is 1.14 bits per heavy atom. The van der Waals surface area contributed by atoms with Crippen LogP contribution in [0.25, 0.3) is 0 Å². The molecular weight excluding hydrogens is 268 g/mol. The molecule has 1 aromatic heterocycles. The van der Waals surface area contributed by atoms with Crippen LogP contribution < -0.4 is 10.9 Å². The van der Waals surface area contributed by atoms with Gasteiger partial charge in [-0.05, 0) is 17.2 Å². The van der Waals surface area contributed by atoms with Gasteiger partial charge in [0.15, 0.2) is 0 Å². The van der Waals surface area contributed by atoms with Crippen molar-refractivity contribution in [2.75, 3.05) is 7.11 Å². The van der Waals surface area contributed by atoms with Gasteiger partial charge in [-0.2, -0.15) is 0 Å². The lowest BCUT2D eigenvalue weighted by atomic mass is 10.1. The third kappa shape index (κ3) is 4.57. The van der Waals surface area contributed by atoms with Crippen LogP contribution in [0.15, 0.2) is 53.5 Å². The predicted octanol–water partition coefficient (Wildman–Crippen LogP) is 1.31. The van der Waals surface area contributed by atoms with Gasteiger partial charge in [0.05, 0.1) is 6.61 Å². The number of amides is 1. The summed E-state index contributed by atoms with van der Waals surface area (Å²) in [5.74, 6) is -0.190. The van der Waals surface area contributed by atoms with Gasteiger partial charge in [0.1, 0.15) is 6.54 Å². The maximum Gasteiger partial charge on any atom is 0.250 e. The number of aromatic nitrogens is 1. The Hall–Kier alpha value is -2.40. The van der Waals surface area contributed by atoms with Crippen LogP contribution in [0, 0.1) is 0 Å². The summed E-state index contributed by atoms with van der Waals surface area (Å²) in [7, 11) is 1.65. The van der Waals surface area contributed by atoms with Crippen LogP contribution in [0.5, 0.6) is 0 Å². The number of nitrogens with zero attached hydrogens (tertiary/aromatic N) is 1. The number of ether oxygens (including phenoxy) is 1. The van der Waals surface area contributed by atoms with Gasteiger partial charge in [-0.1, -0.05) is 30.3 Å². The number of nitrogens with one attached hydrogen (secondary N) is 1. The second-order valence-corrected chi connectivity index (χ2v) is 4.69. The van der Waals surface area contributed by atoms with E-state index >= 15 is 0 Å². The smallest absolute Gasteiger partial charge is 0.250 e. The van der Waals surface area contributed by atoms with Crippen molar-refractivity contribution >= 4 is 5.91 Å². The van der Waals surface area contributed by atoms with E-state index in [4.69, 9.17) is 4.74 Å². The fourth-order valence-electron chi connectivity index (χ4n) is 1.92. The minimum Gasteiger partial charge on any atom is -0.380 e. The predicted molar refractivity (Wildman–Crippen MR) is 79.7 cm³/mol. The molecule has 5 nitrogen and oxygen atoms in total. The van der Waals surface area contributed by atoms with E-state index in [2.05, 4.69) is 5.32 Å². The lowest BCUT2D eigenvalue weighted by Gasteiger charge is -2.08. The van der Waals surface area contributed by atoms with E-state index < -0.39 is 0 Å². The van der Waals surface area contributed by atoms with Crippen LogP contribution in [-0.2, 0) is 29.2 Å². The number of benzene rings is 1. The highest BCUT2D eigenvalue weighted by Crippen LogP contribution is 2.05. The van der Waals surface area contributed by atoms with Crippen molar-refractivity contribution in [1.82, 2.24) is 9.88 Å². The van der Waals surface area contributed by atoms with Gasteiger partial charge in [-0.3, -0.25) is 9.59 Å². The molecule has 0 atom stereocenters. The van der Waals surface area contributed by atoms with Gasteiger partial charge in [0, 0.05) is 25.9 Å². The van der Waals surface area contributed by atoms with Crippen LogP contribution >= 0.6 is 0 Å². The molecule has 0 aliphatic rings. The Morgan fingerprint density at radius 2 is 1.86 bits per heavy atom. The van der Waals surface area contributed by atoms with Gasteiger partial charge >= 0.3 is 0 Å². The molecule has 21 heavy (non-hydrogen) atoms. The largest absolute Gasteiger partial charge is 0.380 e. The van der Waals surface area contributed by atoms with Crippen molar-refractivity contribution in [1.29, 1.82) is 0 Å². The Morgan fingerprint density at radius 3 is 2.52 bits per heavy atom. The number of methoxy groups -OCH3 is 1. The molecule has 1 N–H and O–H groups in total. The average Bonchev–Trinajstić information content (AvgIpc) is 2.49. The topological polar surface area (TPSA) is 60.3 Å². The first-order chi connectivity index (χ1) is 10.2. The monoisotopic (exact) mass is 286 g/mol. The minimum atomic E-state index is -0.190. The van der Waals surface area contributed by atoms with Gasteiger partial charge in [0.2, 0.25) is 5.91 Å². The SMILES string of the molecule is COCc1ccc(CNC(=O)Cn2ccccc2=O)cc1. The van der Waals surface area contributed by atoms with E-state index in [0.29, 0.717) is 13.2 Å². The molecule has 0 saturated carbocycles. The number of hydrogen-bond acceptors (Lipinski definition) is 3. The molecule has 0 radical (unpaired) electrons. The summed E-state index contributed by atoms with van der Waals surface area (Å²) in [5, 5.41) is 2.80. The quantitative estimate of drug-likeness (QED) is 0.871. The van der Waals surface area contributed by atoms with Crippen molar-refractivity contribution < 1.29 is 9.53 Å². The van der Waals surface area contributed by atoms with Crippen LogP contribution in [0.2, 0.25) is 0 Å². The van der Waals surface area contributed by atoms with Crippen molar-refractivity contribution in [3.05, 3.63) is 70.1 Å². The molecule has 0 aliphatic carbocycles. The first-order valence-corrected chi connectivity index (χ1v) is 6.68. The second-order valence-electron chi connectivity index (χ2n) is 4.69. The van der Waals surface area contributed by atoms with Crippen molar-refractivity contribution in [2.24, 2.45) is 0 Å². The van der Waals surface area contributed by atoms with Crippen molar-refractivity contribution in [3.8, 4) is 0 Å². The van der Waals surface area contributed by atoms with E-state index in [1.165, 1.54) is 10.6 Å². The minimum absolute atomic E-state index is 0.0292. The molecule has 0 aliphatic heterocycles. The summed E-state index contributed by atoms with van der Waals surface area (Å²) in [6.07, 6.45) is 1.60. The Kier molecular flexibility index (Phi) is 5.29. The number of carbonyl (C=O) groups is 1. The molecule has 1 aromatic carbocycles. The van der Waals surface area contributed by atoms with Crippen LogP contribution in [0.3, 0.4) is 0 Å². The standard InChI is InChI=1S/C16H18N2O3/c1-21-12-14-7-5-13(6-8-14)10-17-15(19)11-18-9-3-2-4-16(18)20/h2-9H,10-12H2,1H3,(H,17,19). The molecule has 0 saturated heterocycles. The molecule has 2 aromatic rings. The van der Waals surface area contributed by atoms with Gasteiger partial charge in [0.25, 0.3) is 5.56 Å². The summed E-state index contributed by atoms with van der Waals surface area (Å²) in [6.45, 7) is 1.04. The summed E-state index contributed by atoms with van der Waals surface area (Å²) >= 11 is 0. The molecule has 2 rings (SSSR count). The first-order valence-electron chi connectivity index (χ1n) is 6.68. The van der Waals surface area contributed by atoms with Gasteiger partial charge in [-0.15, -0.1) is 0 Å². The van der Waals surface area contributed by atoms with E-state index in [9.17, 15) is 9.59 Å². The average molecular weight is 286 g/mol. The normalized spacial score (nSPS) is 10.3. The number of rotatable bonds is 6. The fourth-order valence-corrected chi connectivity index (χ4v) is 1.92. The Bertz CT molecular complexity index is 647. The Labute approximate surface area is 123 Å². The summed E-state index contributed by atoms with van der Waals surface area (Å²) in [4.78, 5) is 23.3. The van der Waals surface area contributed by atoms with Gasteiger partial charge < -0.3 is 14.6 Å². The van der Waals surface area contributed by atoms with E-state index in [1.54, 1.807) is 25.4 Å². The number of hydrogen-bond donors (Lipinski definition) is 1. The third-order valence-electron chi connectivity index (χ3n) is 3.04. The van der Waals surface area contributed by atoms with E-state index in [0.717, 1.165) is 11.1 Å². The number of carbonyl (C=O) groups excluding carboxylic acids is 1. The summed E-state index contributed by atoms with van der Waals surface area (Å²) in [5.41, 5.74) is 1.91. The summed E-state index contributed by atoms with van der Waals surface area (Å²) < 4.78 is 6.41. The number of pyridine rings is 1. The zero-order valence-corrected chi connectivity index (χ0v) is 11.9. The van der Waals surface area contributed by atoms with Crippen molar-refractivity contribution in [2.45, 2.75) is 19.7 Å². The fraction of sp³-hybridized carbons (Fsp3) is 0.250. The lowest BCUT2D eigenvalue weighted by molar-refractivity contribution is -0.121. The maximum absolute atomic E-state index is 11.8. The van der Waals surface area contributed by atoms with Gasteiger partial charge in [-0.25, -0.2) is 0 Å². The molecule has 1 heterocycles. The van der Waals surface area contributed by atoms with Crippen LogP contribution in [0.1, 0.15) is 11.1 Å². The zero-order valence-electron chi connectivity index (χ0n) is 11.9. The second kappa shape index (κ2) is 7.40. The van der Waals surface area contributed by atoms with Crippen LogP contribution in [-0.4, -0.2) is 17.6 Å². The first kappa shape index (κ1) is 15.0. The summed E-state index contributed by atoms with van der Waals surface area (Å²) in [6, 6.07) is 12.6. The van der Waals surface area contributed by atoms with Crippen LogP contribution in [0.4, 0.5) is 0 Å². The molecule has 110 valence electrons.